The van der Waals surface area contributed by atoms with Gasteiger partial charge in [-0.15, -0.1) is 0 Å². The molecule has 1 aliphatic rings. The minimum absolute atomic E-state index is 0.000448. The van der Waals surface area contributed by atoms with Crippen LogP contribution in [0.1, 0.15) is 48.5 Å². The summed E-state index contributed by atoms with van der Waals surface area (Å²) < 4.78 is 20.0. The van der Waals surface area contributed by atoms with Gasteiger partial charge in [-0.3, -0.25) is 4.79 Å². The van der Waals surface area contributed by atoms with Gasteiger partial charge in [-0.1, -0.05) is 140 Å². The molecular weight excluding hydrogens is 657 g/mol. The summed E-state index contributed by atoms with van der Waals surface area (Å²) in [7, 11) is 0. The largest absolute Gasteiger partial charge is 0.431 e. The van der Waals surface area contributed by atoms with E-state index in [2.05, 4.69) is 36.5 Å². The molecule has 258 valence electrons. The Hall–Kier alpha value is -4.99. The van der Waals surface area contributed by atoms with E-state index in [4.69, 9.17) is 18.9 Å². The topological polar surface area (TPSA) is 93.8 Å². The van der Waals surface area contributed by atoms with Crippen molar-refractivity contribution in [3.8, 4) is 33.7 Å². The number of aliphatic hydroxyl groups is 1. The van der Waals surface area contributed by atoms with Gasteiger partial charge in [-0.05, 0) is 39.9 Å². The third-order valence-electron chi connectivity index (χ3n) is 9.15. The number of aliphatic hydroxyl groups excluding tert-OH is 1. The van der Waals surface area contributed by atoms with Crippen LogP contribution < -0.4 is 5.32 Å². The molecule has 0 radical (unpaired) electrons. The van der Waals surface area contributed by atoms with E-state index in [-0.39, 0.29) is 30.6 Å². The van der Waals surface area contributed by atoms with Crippen molar-refractivity contribution < 1.29 is 23.8 Å². The molecule has 1 amide bonds. The molecule has 0 aliphatic carbocycles. The molecule has 7 rings (SSSR count). The van der Waals surface area contributed by atoms with Gasteiger partial charge < -0.3 is 24.3 Å². The van der Waals surface area contributed by atoms with Gasteiger partial charge >= 0.3 is 0 Å². The van der Waals surface area contributed by atoms with E-state index in [1.165, 1.54) is 6.92 Å². The number of nitrogens with one attached hydrogen (secondary N) is 1. The molecular formula is C43H40N2O5S. The van der Waals surface area contributed by atoms with E-state index in [1.807, 2.05) is 109 Å². The number of nitrogens with zero attached hydrogens (tertiary/aromatic N) is 1. The van der Waals surface area contributed by atoms with E-state index >= 15 is 0 Å². The normalized spacial score (nSPS) is 18.7. The van der Waals surface area contributed by atoms with Crippen LogP contribution in [0.4, 0.5) is 0 Å². The average molecular weight is 697 g/mol. The third-order valence-corrected chi connectivity index (χ3v) is 10.1. The minimum atomic E-state index is -0.624. The molecule has 2 N–H and O–H groups in total. The quantitative estimate of drug-likeness (QED) is 0.130. The number of hydrogen-bond acceptors (Lipinski definition) is 7. The van der Waals surface area contributed by atoms with Gasteiger partial charge in [0.1, 0.15) is 5.69 Å². The highest BCUT2D eigenvalue weighted by Gasteiger charge is 2.39. The van der Waals surface area contributed by atoms with Crippen LogP contribution in [0, 0.1) is 5.92 Å². The first-order valence-corrected chi connectivity index (χ1v) is 18.1. The number of oxazole rings is 1. The molecule has 51 heavy (non-hydrogen) atoms. The molecule has 0 saturated carbocycles. The molecule has 5 aromatic carbocycles. The van der Waals surface area contributed by atoms with Crippen LogP contribution in [0.25, 0.3) is 33.7 Å². The molecule has 6 aromatic rings. The van der Waals surface area contributed by atoms with Crippen molar-refractivity contribution in [2.75, 3.05) is 5.75 Å². The van der Waals surface area contributed by atoms with Crippen LogP contribution in [-0.4, -0.2) is 27.9 Å². The van der Waals surface area contributed by atoms with Crippen molar-refractivity contribution >= 4 is 17.7 Å². The summed E-state index contributed by atoms with van der Waals surface area (Å²) in [4.78, 5) is 16.5. The fourth-order valence-electron chi connectivity index (χ4n) is 6.35. The molecule has 8 heteroatoms. The highest BCUT2D eigenvalue weighted by Crippen LogP contribution is 2.44. The zero-order valence-corrected chi connectivity index (χ0v) is 29.4. The molecule has 4 unspecified atom stereocenters. The van der Waals surface area contributed by atoms with Gasteiger partial charge in [0.2, 0.25) is 5.91 Å². The highest BCUT2D eigenvalue weighted by molar-refractivity contribution is 7.99. The second-order valence-corrected chi connectivity index (χ2v) is 13.7. The van der Waals surface area contributed by atoms with Gasteiger partial charge in [-0.2, -0.15) is 0 Å². The lowest BCUT2D eigenvalue weighted by molar-refractivity contribution is -0.268. The van der Waals surface area contributed by atoms with Gasteiger partial charge in [0.05, 0.1) is 18.8 Å². The molecule has 2 heterocycles. The molecule has 1 saturated heterocycles. The van der Waals surface area contributed by atoms with Gasteiger partial charge in [0.15, 0.2) is 12.1 Å². The summed E-state index contributed by atoms with van der Waals surface area (Å²) in [5.74, 6) is 1.27. The number of hydrogen-bond donors (Lipinski definition) is 2. The Labute approximate surface area is 302 Å². The second kappa shape index (κ2) is 15.9. The van der Waals surface area contributed by atoms with Gasteiger partial charge in [0, 0.05) is 41.8 Å². The Morgan fingerprint density at radius 1 is 0.745 bits per heavy atom. The maximum Gasteiger partial charge on any atom is 0.256 e. The lowest BCUT2D eigenvalue weighted by atomic mass is 9.91. The maximum absolute atomic E-state index is 11.5. The summed E-state index contributed by atoms with van der Waals surface area (Å²) in [6.07, 6.45) is -1.08. The first kappa shape index (κ1) is 34.5. The van der Waals surface area contributed by atoms with E-state index < -0.39 is 6.29 Å². The van der Waals surface area contributed by atoms with Gasteiger partial charge in [0.25, 0.3) is 5.22 Å². The second-order valence-electron chi connectivity index (χ2n) is 12.8. The molecule has 4 atom stereocenters. The van der Waals surface area contributed by atoms with Crippen LogP contribution >= 0.6 is 11.8 Å². The Bertz CT molecular complexity index is 2010. The number of benzene rings is 5. The van der Waals surface area contributed by atoms with Crippen molar-refractivity contribution in [2.24, 2.45) is 5.92 Å². The fraction of sp³-hybridized carbons (Fsp3) is 0.209. The number of carbonyl (C=O) groups excluding carboxylic acids is 1. The Morgan fingerprint density at radius 3 is 2.12 bits per heavy atom. The zero-order valence-electron chi connectivity index (χ0n) is 28.6. The monoisotopic (exact) mass is 696 g/mol. The summed E-state index contributed by atoms with van der Waals surface area (Å²) in [5.41, 5.74) is 8.65. The SMILES string of the molecule is CC(=O)NCc1cccc(-c2cccc(C3OC(CSc4nc(-c5ccccc5)c(-c5ccccc5)o4)C(C)C(c4ccc(CO)cc4)O3)c2)c1. The number of aromatic nitrogens is 1. The zero-order chi connectivity index (χ0) is 35.2. The Morgan fingerprint density at radius 2 is 1.41 bits per heavy atom. The van der Waals surface area contributed by atoms with E-state index in [0.717, 1.165) is 56.0 Å². The van der Waals surface area contributed by atoms with Crippen LogP contribution in [0.15, 0.2) is 143 Å². The molecule has 0 bridgehead atoms. The predicted molar refractivity (Wildman–Crippen MR) is 200 cm³/mol. The van der Waals surface area contributed by atoms with E-state index in [1.54, 1.807) is 11.8 Å². The van der Waals surface area contributed by atoms with Crippen LogP contribution in [-0.2, 0) is 27.4 Å². The van der Waals surface area contributed by atoms with E-state index in [0.29, 0.717) is 17.5 Å². The standard InChI is InChI=1S/C43H40N2O5S/c1-28-38(27-51-43-45-39(32-12-5-3-6-13-32)41(50-43)33-14-7-4-8-15-33)48-42(49-40(28)34-21-19-30(26-46)20-22-34)37-18-10-17-36(24-37)35-16-9-11-31(23-35)25-44-29(2)47/h3-24,28,38,40,42,46H,25-27H2,1-2H3,(H,44,47). The molecule has 1 aliphatic heterocycles. The number of carbonyl (C=O) groups is 1. The molecule has 1 aromatic heterocycles. The van der Waals surface area contributed by atoms with Crippen LogP contribution in [0.3, 0.4) is 0 Å². The lowest BCUT2D eigenvalue weighted by Gasteiger charge is -2.41. The summed E-state index contributed by atoms with van der Waals surface area (Å²) in [5, 5.41) is 13.1. The van der Waals surface area contributed by atoms with Gasteiger partial charge in [-0.25, -0.2) is 4.98 Å². The minimum Gasteiger partial charge on any atom is -0.431 e. The molecule has 7 nitrogen and oxygen atoms in total. The number of thioether (sulfide) groups is 1. The summed E-state index contributed by atoms with van der Waals surface area (Å²) in [6, 6.07) is 44.5. The predicted octanol–water partition coefficient (Wildman–Crippen LogP) is 9.39. The summed E-state index contributed by atoms with van der Waals surface area (Å²) >= 11 is 1.54. The first-order valence-electron chi connectivity index (χ1n) is 17.1. The van der Waals surface area contributed by atoms with Crippen molar-refractivity contribution in [3.05, 3.63) is 156 Å². The van der Waals surface area contributed by atoms with Crippen molar-refractivity contribution in [3.63, 3.8) is 0 Å². The van der Waals surface area contributed by atoms with Crippen LogP contribution in [0.5, 0.6) is 0 Å². The third kappa shape index (κ3) is 8.16. The number of rotatable bonds is 11. The first-order chi connectivity index (χ1) is 24.9. The maximum atomic E-state index is 11.5. The summed E-state index contributed by atoms with van der Waals surface area (Å²) in [6.45, 7) is 4.13. The average Bonchev–Trinajstić information content (AvgIpc) is 3.62. The Balaban J connectivity index is 1.17. The van der Waals surface area contributed by atoms with E-state index in [9.17, 15) is 9.90 Å². The number of ether oxygens (including phenoxy) is 2. The fourth-order valence-corrected chi connectivity index (χ4v) is 7.34. The molecule has 0 spiro atoms. The smallest absolute Gasteiger partial charge is 0.256 e. The molecule has 1 fully saturated rings. The highest BCUT2D eigenvalue weighted by atomic mass is 32.2. The van der Waals surface area contributed by atoms with Crippen molar-refractivity contribution in [1.29, 1.82) is 0 Å². The van der Waals surface area contributed by atoms with Crippen molar-refractivity contribution in [2.45, 2.75) is 50.7 Å². The van der Waals surface area contributed by atoms with Crippen molar-refractivity contribution in [1.82, 2.24) is 10.3 Å². The number of amides is 1. The van der Waals surface area contributed by atoms with Crippen LogP contribution in [0.2, 0.25) is 0 Å². The lowest BCUT2D eigenvalue weighted by Crippen LogP contribution is -2.38. The Kier molecular flexibility index (Phi) is 10.8.